The Morgan fingerprint density at radius 1 is 1.21 bits per heavy atom. The van der Waals surface area contributed by atoms with Gasteiger partial charge in [0.05, 0.1) is 6.61 Å². The van der Waals surface area contributed by atoms with E-state index in [0.29, 0.717) is 0 Å². The normalized spacial score (nSPS) is 10.4. The summed E-state index contributed by atoms with van der Waals surface area (Å²) in [6, 6.07) is 8.39. The van der Waals surface area contributed by atoms with Crippen LogP contribution >= 0.6 is 0 Å². The second-order valence-electron chi connectivity index (χ2n) is 3.35. The molecule has 14 heavy (non-hydrogen) atoms. The molecule has 0 unspecified atom stereocenters. The van der Waals surface area contributed by atoms with Gasteiger partial charge in [-0.2, -0.15) is 0 Å². The van der Waals surface area contributed by atoms with Gasteiger partial charge in [-0.1, -0.05) is 31.2 Å². The van der Waals surface area contributed by atoms with Gasteiger partial charge in [-0.25, -0.2) is 0 Å². The van der Waals surface area contributed by atoms with Crippen LogP contribution in [0.15, 0.2) is 24.3 Å². The van der Waals surface area contributed by atoms with Crippen molar-refractivity contribution in [2.24, 2.45) is 0 Å². The smallest absolute Gasteiger partial charge is 0.0720 e. The molecule has 0 radical (unpaired) electrons. The van der Waals surface area contributed by atoms with Crippen LogP contribution < -0.4 is 5.32 Å². The molecular weight excluding hydrogens is 174 g/mol. The van der Waals surface area contributed by atoms with Gasteiger partial charge in [0.25, 0.3) is 0 Å². The molecule has 0 aliphatic carbocycles. The molecule has 0 aliphatic rings. The van der Waals surface area contributed by atoms with Gasteiger partial charge >= 0.3 is 0 Å². The lowest BCUT2D eigenvalue weighted by Crippen LogP contribution is -2.08. The molecule has 0 aliphatic heterocycles. The molecule has 1 aromatic rings. The topological polar surface area (TPSA) is 21.3 Å². The second-order valence-corrected chi connectivity index (χ2v) is 3.35. The first-order chi connectivity index (χ1) is 6.88. The van der Waals surface area contributed by atoms with Crippen molar-refractivity contribution in [3.8, 4) is 0 Å². The van der Waals surface area contributed by atoms with E-state index in [-0.39, 0.29) is 0 Å². The average Bonchev–Trinajstić information content (AvgIpc) is 2.21. The van der Waals surface area contributed by atoms with Gasteiger partial charge in [-0.15, -0.1) is 0 Å². The molecule has 0 aromatic heterocycles. The van der Waals surface area contributed by atoms with Crippen molar-refractivity contribution in [3.63, 3.8) is 0 Å². The Balaban J connectivity index is 2.55. The number of benzene rings is 1. The van der Waals surface area contributed by atoms with Crippen molar-refractivity contribution >= 4 is 0 Å². The SMILES string of the molecule is CCCOCc1ccccc1CNC. The van der Waals surface area contributed by atoms with Crippen molar-refractivity contribution in [2.75, 3.05) is 13.7 Å². The van der Waals surface area contributed by atoms with Crippen LogP contribution in [-0.4, -0.2) is 13.7 Å². The van der Waals surface area contributed by atoms with Gasteiger partial charge in [0.1, 0.15) is 0 Å². The predicted octanol–water partition coefficient (Wildman–Crippen LogP) is 2.33. The highest BCUT2D eigenvalue weighted by Crippen LogP contribution is 2.09. The minimum absolute atomic E-state index is 0.728. The summed E-state index contributed by atoms with van der Waals surface area (Å²) in [5.41, 5.74) is 2.61. The maximum absolute atomic E-state index is 5.53. The second kappa shape index (κ2) is 6.57. The third kappa shape index (κ3) is 3.48. The first-order valence-corrected chi connectivity index (χ1v) is 5.17. The van der Waals surface area contributed by atoms with Gasteiger partial charge < -0.3 is 10.1 Å². The van der Waals surface area contributed by atoms with E-state index in [0.717, 1.165) is 26.2 Å². The first-order valence-electron chi connectivity index (χ1n) is 5.17. The van der Waals surface area contributed by atoms with Crippen LogP contribution in [0.3, 0.4) is 0 Å². The summed E-state index contributed by atoms with van der Waals surface area (Å²) in [7, 11) is 1.96. The Labute approximate surface area is 86.3 Å². The summed E-state index contributed by atoms with van der Waals surface area (Å²) < 4.78 is 5.53. The van der Waals surface area contributed by atoms with E-state index < -0.39 is 0 Å². The van der Waals surface area contributed by atoms with Crippen LogP contribution in [0.1, 0.15) is 24.5 Å². The minimum Gasteiger partial charge on any atom is -0.377 e. The van der Waals surface area contributed by atoms with Crippen molar-refractivity contribution in [2.45, 2.75) is 26.5 Å². The number of hydrogen-bond acceptors (Lipinski definition) is 2. The number of rotatable bonds is 6. The zero-order chi connectivity index (χ0) is 10.2. The molecule has 0 atom stereocenters. The predicted molar refractivity (Wildman–Crippen MR) is 59.2 cm³/mol. The summed E-state index contributed by atoms with van der Waals surface area (Å²) in [5.74, 6) is 0. The van der Waals surface area contributed by atoms with Crippen LogP contribution in [0.25, 0.3) is 0 Å². The summed E-state index contributed by atoms with van der Waals surface area (Å²) in [6.45, 7) is 4.60. The lowest BCUT2D eigenvalue weighted by atomic mass is 10.1. The zero-order valence-corrected chi connectivity index (χ0v) is 9.05. The maximum Gasteiger partial charge on any atom is 0.0720 e. The van der Waals surface area contributed by atoms with Gasteiger partial charge in [-0.05, 0) is 24.6 Å². The fraction of sp³-hybridized carbons (Fsp3) is 0.500. The van der Waals surface area contributed by atoms with E-state index in [1.54, 1.807) is 0 Å². The van der Waals surface area contributed by atoms with Crippen molar-refractivity contribution in [3.05, 3.63) is 35.4 Å². The van der Waals surface area contributed by atoms with E-state index >= 15 is 0 Å². The Morgan fingerprint density at radius 2 is 1.93 bits per heavy atom. The molecule has 0 bridgehead atoms. The summed E-state index contributed by atoms with van der Waals surface area (Å²) >= 11 is 0. The van der Waals surface area contributed by atoms with E-state index in [1.807, 2.05) is 7.05 Å². The van der Waals surface area contributed by atoms with Crippen molar-refractivity contribution in [1.29, 1.82) is 0 Å². The number of ether oxygens (including phenoxy) is 1. The molecule has 0 fully saturated rings. The van der Waals surface area contributed by atoms with Crippen LogP contribution in [-0.2, 0) is 17.9 Å². The molecule has 0 amide bonds. The lowest BCUT2D eigenvalue weighted by molar-refractivity contribution is 0.121. The zero-order valence-electron chi connectivity index (χ0n) is 9.05. The number of hydrogen-bond donors (Lipinski definition) is 1. The van der Waals surface area contributed by atoms with Crippen molar-refractivity contribution in [1.82, 2.24) is 5.32 Å². The Bertz CT molecular complexity index is 260. The third-order valence-corrected chi connectivity index (χ3v) is 2.09. The van der Waals surface area contributed by atoms with Gasteiger partial charge in [-0.3, -0.25) is 0 Å². The molecule has 0 saturated heterocycles. The average molecular weight is 193 g/mol. The molecular formula is C12H19NO. The minimum atomic E-state index is 0.728. The summed E-state index contributed by atoms with van der Waals surface area (Å²) in [5, 5.41) is 3.16. The standard InChI is InChI=1S/C12H19NO/c1-3-8-14-10-12-7-5-4-6-11(12)9-13-2/h4-7,13H,3,8-10H2,1-2H3. The quantitative estimate of drug-likeness (QED) is 0.700. The van der Waals surface area contributed by atoms with Crippen LogP contribution in [0.5, 0.6) is 0 Å². The molecule has 0 heterocycles. The van der Waals surface area contributed by atoms with Gasteiger partial charge in [0.2, 0.25) is 0 Å². The molecule has 1 N–H and O–H groups in total. The first kappa shape index (κ1) is 11.2. The van der Waals surface area contributed by atoms with E-state index in [4.69, 9.17) is 4.74 Å². The van der Waals surface area contributed by atoms with Gasteiger partial charge in [0.15, 0.2) is 0 Å². The van der Waals surface area contributed by atoms with Crippen molar-refractivity contribution < 1.29 is 4.74 Å². The fourth-order valence-electron chi connectivity index (χ4n) is 1.39. The number of nitrogens with one attached hydrogen (secondary N) is 1. The molecule has 1 rings (SSSR count). The van der Waals surface area contributed by atoms with E-state index in [2.05, 4.69) is 36.5 Å². The van der Waals surface area contributed by atoms with E-state index in [1.165, 1.54) is 11.1 Å². The Hall–Kier alpha value is -0.860. The lowest BCUT2D eigenvalue weighted by Gasteiger charge is -2.08. The maximum atomic E-state index is 5.53. The molecule has 78 valence electrons. The Morgan fingerprint density at radius 3 is 2.57 bits per heavy atom. The highest BCUT2D eigenvalue weighted by Gasteiger charge is 1.99. The van der Waals surface area contributed by atoms with Gasteiger partial charge in [0, 0.05) is 13.2 Å². The molecule has 2 nitrogen and oxygen atoms in total. The summed E-state index contributed by atoms with van der Waals surface area (Å²) in [4.78, 5) is 0. The Kier molecular flexibility index (Phi) is 5.27. The van der Waals surface area contributed by atoms with Crippen LogP contribution in [0, 0.1) is 0 Å². The van der Waals surface area contributed by atoms with E-state index in [9.17, 15) is 0 Å². The molecule has 0 saturated carbocycles. The van der Waals surface area contributed by atoms with Crippen LogP contribution in [0.2, 0.25) is 0 Å². The van der Waals surface area contributed by atoms with Crippen LogP contribution in [0.4, 0.5) is 0 Å². The molecule has 0 spiro atoms. The highest BCUT2D eigenvalue weighted by atomic mass is 16.5. The highest BCUT2D eigenvalue weighted by molar-refractivity contribution is 5.26. The summed E-state index contributed by atoms with van der Waals surface area (Å²) in [6.07, 6.45) is 1.08. The fourth-order valence-corrected chi connectivity index (χ4v) is 1.39. The largest absolute Gasteiger partial charge is 0.377 e. The third-order valence-electron chi connectivity index (χ3n) is 2.09. The molecule has 2 heteroatoms. The monoisotopic (exact) mass is 193 g/mol. The molecule has 1 aromatic carbocycles.